The number of nitrogens with one attached hydrogen (secondary N) is 2. The van der Waals surface area contributed by atoms with Crippen LogP contribution in [0.4, 0.5) is 0 Å². The Balaban J connectivity index is 1.74. The van der Waals surface area contributed by atoms with Gasteiger partial charge in [0.15, 0.2) is 0 Å². The largest absolute Gasteiger partial charge is 0.326 e. The van der Waals surface area contributed by atoms with Crippen LogP contribution in [-0.4, -0.2) is 4.98 Å². The number of pyridine rings is 1. The molecule has 2 N–H and O–H groups in total. The zero-order chi connectivity index (χ0) is 14.1. The third-order valence-electron chi connectivity index (χ3n) is 4.07. The van der Waals surface area contributed by atoms with Crippen molar-refractivity contribution in [2.75, 3.05) is 0 Å². The van der Waals surface area contributed by atoms with Crippen molar-refractivity contribution in [1.82, 2.24) is 10.3 Å². The Kier molecular flexibility index (Phi) is 3.76. The van der Waals surface area contributed by atoms with Gasteiger partial charge in [-0.3, -0.25) is 4.79 Å². The molecule has 0 spiro atoms. The van der Waals surface area contributed by atoms with Gasteiger partial charge in [-0.2, -0.15) is 0 Å². The summed E-state index contributed by atoms with van der Waals surface area (Å²) in [6, 6.07) is 6.25. The Morgan fingerprint density at radius 1 is 1.40 bits per heavy atom. The first-order valence-electron chi connectivity index (χ1n) is 7.15. The quantitative estimate of drug-likeness (QED) is 0.911. The predicted octanol–water partition coefficient (Wildman–Crippen LogP) is 3.22. The van der Waals surface area contributed by atoms with E-state index in [0.717, 1.165) is 31.5 Å². The molecule has 4 heteroatoms. The second kappa shape index (κ2) is 5.54. The summed E-state index contributed by atoms with van der Waals surface area (Å²) in [4.78, 5) is 17.2. The minimum Gasteiger partial charge on any atom is -0.326 e. The van der Waals surface area contributed by atoms with Gasteiger partial charge in [0, 0.05) is 34.1 Å². The topological polar surface area (TPSA) is 44.9 Å². The summed E-state index contributed by atoms with van der Waals surface area (Å²) in [5.41, 5.74) is 3.76. The molecule has 0 bridgehead atoms. The Labute approximate surface area is 123 Å². The van der Waals surface area contributed by atoms with Gasteiger partial charge in [0.05, 0.1) is 0 Å². The first-order chi connectivity index (χ1) is 9.63. The molecule has 2 aromatic rings. The highest BCUT2D eigenvalue weighted by atomic mass is 32.1. The predicted molar refractivity (Wildman–Crippen MR) is 83.4 cm³/mol. The standard InChI is InChI=1S/C16H20N2OS/c1-10-8-12(20-11(10)2)9-17-14-4-3-5-15-13(14)6-7-16(19)18-15/h6-8,14,17H,3-5,9H2,1-2H3,(H,18,19). The lowest BCUT2D eigenvalue weighted by molar-refractivity contribution is 0.455. The highest BCUT2D eigenvalue weighted by molar-refractivity contribution is 7.12. The molecule has 3 rings (SSSR count). The lowest BCUT2D eigenvalue weighted by atomic mass is 9.91. The molecule has 0 aliphatic heterocycles. The van der Waals surface area contributed by atoms with E-state index in [0.29, 0.717) is 6.04 Å². The van der Waals surface area contributed by atoms with Crippen molar-refractivity contribution in [2.45, 2.75) is 45.7 Å². The molecule has 1 aliphatic rings. The van der Waals surface area contributed by atoms with E-state index in [1.807, 2.05) is 17.4 Å². The molecule has 0 fully saturated rings. The minimum absolute atomic E-state index is 0.00825. The van der Waals surface area contributed by atoms with Gasteiger partial charge in [0.2, 0.25) is 5.56 Å². The van der Waals surface area contributed by atoms with Crippen LogP contribution in [0.1, 0.15) is 45.5 Å². The van der Waals surface area contributed by atoms with Gasteiger partial charge < -0.3 is 10.3 Å². The minimum atomic E-state index is 0.00825. The summed E-state index contributed by atoms with van der Waals surface area (Å²) in [7, 11) is 0. The Morgan fingerprint density at radius 3 is 3.00 bits per heavy atom. The van der Waals surface area contributed by atoms with Crippen LogP contribution in [0, 0.1) is 13.8 Å². The van der Waals surface area contributed by atoms with Gasteiger partial charge >= 0.3 is 0 Å². The van der Waals surface area contributed by atoms with Crippen LogP contribution in [0.2, 0.25) is 0 Å². The van der Waals surface area contributed by atoms with Crippen LogP contribution >= 0.6 is 11.3 Å². The summed E-state index contributed by atoms with van der Waals surface area (Å²) in [6.07, 6.45) is 3.26. The third kappa shape index (κ3) is 2.72. The molecule has 0 saturated carbocycles. The van der Waals surface area contributed by atoms with Crippen LogP contribution in [0.5, 0.6) is 0 Å². The van der Waals surface area contributed by atoms with Gasteiger partial charge in [-0.05, 0) is 50.3 Å². The molecule has 0 saturated heterocycles. The van der Waals surface area contributed by atoms with E-state index in [1.54, 1.807) is 6.07 Å². The second-order valence-electron chi connectivity index (χ2n) is 5.53. The molecule has 0 aromatic carbocycles. The first-order valence-corrected chi connectivity index (χ1v) is 7.96. The van der Waals surface area contributed by atoms with Gasteiger partial charge in [-0.15, -0.1) is 11.3 Å². The highest BCUT2D eigenvalue weighted by Crippen LogP contribution is 2.28. The van der Waals surface area contributed by atoms with E-state index in [1.165, 1.54) is 20.9 Å². The van der Waals surface area contributed by atoms with E-state index in [-0.39, 0.29) is 5.56 Å². The fraction of sp³-hybridized carbons (Fsp3) is 0.438. The average Bonchev–Trinajstić information content (AvgIpc) is 2.75. The molecule has 1 atom stereocenters. The molecule has 2 heterocycles. The van der Waals surface area contributed by atoms with Gasteiger partial charge in [0.25, 0.3) is 0 Å². The van der Waals surface area contributed by atoms with Crippen LogP contribution in [-0.2, 0) is 13.0 Å². The number of fused-ring (bicyclic) bond motifs is 1. The monoisotopic (exact) mass is 288 g/mol. The second-order valence-corrected chi connectivity index (χ2v) is 6.87. The van der Waals surface area contributed by atoms with Crippen LogP contribution in [0.15, 0.2) is 23.0 Å². The lowest BCUT2D eigenvalue weighted by Crippen LogP contribution is -2.26. The molecule has 3 nitrogen and oxygen atoms in total. The van der Waals surface area contributed by atoms with Crippen molar-refractivity contribution >= 4 is 11.3 Å². The molecular weight excluding hydrogens is 268 g/mol. The number of hydrogen-bond acceptors (Lipinski definition) is 3. The van der Waals surface area contributed by atoms with Crippen LogP contribution in [0.25, 0.3) is 0 Å². The van der Waals surface area contributed by atoms with Crippen molar-refractivity contribution in [3.8, 4) is 0 Å². The number of thiophene rings is 1. The van der Waals surface area contributed by atoms with Crippen molar-refractivity contribution in [1.29, 1.82) is 0 Å². The van der Waals surface area contributed by atoms with Crippen molar-refractivity contribution in [3.63, 3.8) is 0 Å². The van der Waals surface area contributed by atoms with E-state index in [9.17, 15) is 4.79 Å². The number of aromatic amines is 1. The van der Waals surface area contributed by atoms with Crippen LogP contribution < -0.4 is 10.9 Å². The molecule has 0 radical (unpaired) electrons. The fourth-order valence-electron chi connectivity index (χ4n) is 2.87. The highest BCUT2D eigenvalue weighted by Gasteiger charge is 2.20. The molecular formula is C16H20N2OS. The summed E-state index contributed by atoms with van der Waals surface area (Å²) in [5.74, 6) is 0. The lowest BCUT2D eigenvalue weighted by Gasteiger charge is -2.25. The maximum absolute atomic E-state index is 11.4. The molecule has 1 unspecified atom stereocenters. The summed E-state index contributed by atoms with van der Waals surface area (Å²) in [6.45, 7) is 5.24. The summed E-state index contributed by atoms with van der Waals surface area (Å²) in [5, 5.41) is 3.64. The average molecular weight is 288 g/mol. The molecule has 2 aromatic heterocycles. The Bertz CT molecular complexity index is 652. The van der Waals surface area contributed by atoms with E-state index in [2.05, 4.69) is 30.2 Å². The zero-order valence-corrected chi connectivity index (χ0v) is 12.8. The SMILES string of the molecule is Cc1cc(CNC2CCCc3[nH]c(=O)ccc32)sc1C. The maximum atomic E-state index is 11.4. The molecule has 20 heavy (non-hydrogen) atoms. The Morgan fingerprint density at radius 2 is 2.25 bits per heavy atom. The smallest absolute Gasteiger partial charge is 0.248 e. The first kappa shape index (κ1) is 13.6. The van der Waals surface area contributed by atoms with Crippen molar-refractivity contribution in [2.24, 2.45) is 0 Å². The van der Waals surface area contributed by atoms with Gasteiger partial charge in [-0.25, -0.2) is 0 Å². The normalized spacial score (nSPS) is 18.0. The summed E-state index contributed by atoms with van der Waals surface area (Å²) < 4.78 is 0. The number of aryl methyl sites for hydroxylation is 3. The molecule has 1 aliphatic carbocycles. The molecule has 0 amide bonds. The zero-order valence-electron chi connectivity index (χ0n) is 12.0. The maximum Gasteiger partial charge on any atom is 0.248 e. The molecule has 106 valence electrons. The van der Waals surface area contributed by atoms with Crippen molar-refractivity contribution < 1.29 is 0 Å². The number of rotatable bonds is 3. The van der Waals surface area contributed by atoms with E-state index >= 15 is 0 Å². The van der Waals surface area contributed by atoms with E-state index < -0.39 is 0 Å². The number of hydrogen-bond donors (Lipinski definition) is 2. The number of aromatic nitrogens is 1. The fourth-order valence-corrected chi connectivity index (χ4v) is 3.88. The Hall–Kier alpha value is -1.39. The van der Waals surface area contributed by atoms with Crippen LogP contribution in [0.3, 0.4) is 0 Å². The van der Waals surface area contributed by atoms with Crippen molar-refractivity contribution in [3.05, 3.63) is 55.1 Å². The van der Waals surface area contributed by atoms with Gasteiger partial charge in [0.1, 0.15) is 0 Å². The number of H-pyrrole nitrogens is 1. The third-order valence-corrected chi connectivity index (χ3v) is 5.22. The summed E-state index contributed by atoms with van der Waals surface area (Å²) >= 11 is 1.87. The van der Waals surface area contributed by atoms with E-state index in [4.69, 9.17) is 0 Å². The van der Waals surface area contributed by atoms with Gasteiger partial charge in [-0.1, -0.05) is 6.07 Å².